The maximum atomic E-state index is 13.1. The molecular weight excluding hydrogens is 472 g/mol. The molecule has 5 rings (SSSR count). The molecule has 0 aliphatic carbocycles. The summed E-state index contributed by atoms with van der Waals surface area (Å²) in [5.74, 6) is 0.653. The quantitative estimate of drug-likeness (QED) is 0.340. The minimum absolute atomic E-state index is 0.653. The Morgan fingerprint density at radius 3 is 2.74 bits per heavy atom. The van der Waals surface area contributed by atoms with Crippen molar-refractivity contribution in [2.24, 2.45) is 0 Å². The van der Waals surface area contributed by atoms with Crippen LogP contribution in [0.1, 0.15) is 0 Å². The summed E-state index contributed by atoms with van der Waals surface area (Å²) in [4.78, 5) is 15.2. The summed E-state index contributed by atoms with van der Waals surface area (Å²) in [5.41, 5.74) is 4.45. The van der Waals surface area contributed by atoms with Crippen molar-refractivity contribution in [3.8, 4) is 11.1 Å². The summed E-state index contributed by atoms with van der Waals surface area (Å²) < 4.78 is 21.6. The number of aromatic nitrogens is 3. The van der Waals surface area contributed by atoms with Crippen LogP contribution in [0.25, 0.3) is 22.2 Å². The van der Waals surface area contributed by atoms with Gasteiger partial charge in [0.05, 0.1) is 30.0 Å². The second-order valence-electron chi connectivity index (χ2n) is 8.11. The predicted octanol–water partition coefficient (Wildman–Crippen LogP) is 4.48. The van der Waals surface area contributed by atoms with Crippen molar-refractivity contribution in [1.29, 1.82) is 0 Å². The fourth-order valence-electron chi connectivity index (χ4n) is 4.12. The van der Waals surface area contributed by atoms with E-state index in [0.717, 1.165) is 41.0 Å². The van der Waals surface area contributed by atoms with E-state index < -0.39 is 10.1 Å². The molecule has 4 aromatic rings. The molecule has 1 unspecified atom stereocenters. The van der Waals surface area contributed by atoms with Gasteiger partial charge in [-0.15, -0.1) is 4.72 Å². The van der Waals surface area contributed by atoms with Gasteiger partial charge in [0.25, 0.3) is 0 Å². The highest BCUT2D eigenvalue weighted by molar-refractivity contribution is 8.00. The summed E-state index contributed by atoms with van der Waals surface area (Å²) in [7, 11) is -0.680. The van der Waals surface area contributed by atoms with Crippen LogP contribution < -0.4 is 14.9 Å². The van der Waals surface area contributed by atoms with Crippen LogP contribution in [-0.4, -0.2) is 54.6 Å². The van der Waals surface area contributed by atoms with Gasteiger partial charge < -0.3 is 19.9 Å². The molecule has 0 saturated carbocycles. The molecule has 2 aromatic heterocycles. The van der Waals surface area contributed by atoms with Gasteiger partial charge in [-0.25, -0.2) is 9.97 Å². The van der Waals surface area contributed by atoms with E-state index in [0.29, 0.717) is 34.6 Å². The average Bonchev–Trinajstić information content (AvgIpc) is 3.30. The fourth-order valence-corrected chi connectivity index (χ4v) is 5.22. The number of aromatic amines is 1. The smallest absolute Gasteiger partial charge is 0.185 e. The van der Waals surface area contributed by atoms with Gasteiger partial charge in [0.15, 0.2) is 15.0 Å². The molecule has 34 heavy (non-hydrogen) atoms. The summed E-state index contributed by atoms with van der Waals surface area (Å²) in [6.45, 7) is 2.88. The molecule has 176 valence electrons. The SMILES string of the molecule is CN[S+](C)(=O)c1ccc(N2CCOCC2)c(Nc2ncnc3[nH]cc(-c4cccc(Cl)c4)c23)c1. The van der Waals surface area contributed by atoms with E-state index in [1.165, 1.54) is 6.33 Å². The minimum Gasteiger partial charge on any atom is -0.378 e. The normalized spacial score (nSPS) is 15.9. The van der Waals surface area contributed by atoms with E-state index in [1.54, 1.807) is 13.3 Å². The molecule has 0 spiro atoms. The molecule has 0 radical (unpaired) electrons. The van der Waals surface area contributed by atoms with Crippen molar-refractivity contribution in [2.45, 2.75) is 4.90 Å². The van der Waals surface area contributed by atoms with Gasteiger partial charge in [-0.05, 0) is 29.8 Å². The largest absolute Gasteiger partial charge is 0.378 e. The number of benzene rings is 2. The third-order valence-corrected chi connectivity index (χ3v) is 8.19. The van der Waals surface area contributed by atoms with Crippen molar-refractivity contribution >= 4 is 49.9 Å². The number of rotatable bonds is 6. The van der Waals surface area contributed by atoms with Gasteiger partial charge >= 0.3 is 0 Å². The third-order valence-electron chi connectivity index (χ3n) is 6.02. The monoisotopic (exact) mass is 497 g/mol. The number of halogens is 1. The van der Waals surface area contributed by atoms with Crippen LogP contribution in [-0.2, 0) is 19.1 Å². The molecule has 1 atom stereocenters. The summed E-state index contributed by atoms with van der Waals surface area (Å²) in [5, 5.41) is 5.03. The second-order valence-corrected chi connectivity index (χ2v) is 11.1. The number of ether oxygens (including phenoxy) is 1. The number of hydrogen-bond acceptors (Lipinski definition) is 6. The summed E-state index contributed by atoms with van der Waals surface area (Å²) in [6, 6.07) is 13.5. The highest BCUT2D eigenvalue weighted by Crippen LogP contribution is 2.37. The molecule has 0 amide bonds. The number of morpholine rings is 1. The van der Waals surface area contributed by atoms with Gasteiger partial charge in [-0.3, -0.25) is 0 Å². The molecule has 3 heterocycles. The molecular formula is C24H26ClN6O2S+. The molecule has 3 N–H and O–H groups in total. The number of nitrogens with zero attached hydrogens (tertiary/aromatic N) is 3. The van der Waals surface area contributed by atoms with Crippen LogP contribution in [0.15, 0.2) is 59.9 Å². The highest BCUT2D eigenvalue weighted by Gasteiger charge is 2.26. The number of hydrogen-bond donors (Lipinski definition) is 3. The van der Waals surface area contributed by atoms with Crippen molar-refractivity contribution in [1.82, 2.24) is 19.7 Å². The lowest BCUT2D eigenvalue weighted by Gasteiger charge is -2.30. The maximum absolute atomic E-state index is 13.1. The predicted molar refractivity (Wildman–Crippen MR) is 138 cm³/mol. The molecule has 8 nitrogen and oxygen atoms in total. The van der Waals surface area contributed by atoms with Gasteiger partial charge in [-0.1, -0.05) is 27.9 Å². The van der Waals surface area contributed by atoms with Gasteiger partial charge in [-0.2, -0.15) is 0 Å². The maximum Gasteiger partial charge on any atom is 0.185 e. The Bertz CT molecular complexity index is 1390. The van der Waals surface area contributed by atoms with Crippen LogP contribution in [0.2, 0.25) is 5.02 Å². The highest BCUT2D eigenvalue weighted by atomic mass is 35.5. The standard InChI is InChI=1S/C24H26ClN6O2S/c1-26-34(2,32)18-6-7-21(31-8-10-33-11-9-31)20(13-18)30-24-22-19(14-27-23(22)28-15-29-24)16-4-3-5-17(25)12-16/h3-7,12-15H,8-11H2,1-2H3,(H,26,32)(H2,27,28,29,30)/q+1. The van der Waals surface area contributed by atoms with Crippen LogP contribution >= 0.6 is 11.6 Å². The van der Waals surface area contributed by atoms with Crippen LogP contribution in [0, 0.1) is 0 Å². The van der Waals surface area contributed by atoms with E-state index >= 15 is 0 Å². The van der Waals surface area contributed by atoms with Crippen molar-refractivity contribution in [2.75, 3.05) is 49.8 Å². The molecule has 1 aliphatic rings. The first-order valence-corrected chi connectivity index (χ1v) is 13.3. The average molecular weight is 498 g/mol. The Kier molecular flexibility index (Phi) is 6.26. The Morgan fingerprint density at radius 1 is 1.15 bits per heavy atom. The van der Waals surface area contributed by atoms with Crippen LogP contribution in [0.3, 0.4) is 0 Å². The van der Waals surface area contributed by atoms with Crippen LogP contribution in [0.5, 0.6) is 0 Å². The van der Waals surface area contributed by atoms with Crippen molar-refractivity contribution < 1.29 is 8.95 Å². The zero-order valence-electron chi connectivity index (χ0n) is 19.0. The van der Waals surface area contributed by atoms with Crippen LogP contribution in [0.4, 0.5) is 17.2 Å². The lowest BCUT2D eigenvalue weighted by molar-refractivity contribution is 0.123. The summed E-state index contributed by atoms with van der Waals surface area (Å²) in [6.07, 6.45) is 5.14. The molecule has 1 aliphatic heterocycles. The summed E-state index contributed by atoms with van der Waals surface area (Å²) >= 11 is 6.26. The zero-order chi connectivity index (χ0) is 23.7. The number of H-pyrrole nitrogens is 1. The lowest BCUT2D eigenvalue weighted by atomic mass is 10.1. The van der Waals surface area contributed by atoms with Crippen molar-refractivity contribution in [3.63, 3.8) is 0 Å². The van der Waals surface area contributed by atoms with E-state index in [2.05, 4.69) is 29.9 Å². The molecule has 2 aromatic carbocycles. The Labute approximate surface area is 204 Å². The number of nitrogens with one attached hydrogen (secondary N) is 3. The third kappa shape index (κ3) is 4.39. The Hall–Kier alpha value is -2.98. The van der Waals surface area contributed by atoms with Crippen molar-refractivity contribution in [3.05, 3.63) is 60.0 Å². The number of fused-ring (bicyclic) bond motifs is 1. The lowest BCUT2D eigenvalue weighted by Crippen LogP contribution is -2.36. The van der Waals surface area contributed by atoms with E-state index in [4.69, 9.17) is 16.3 Å². The fraction of sp³-hybridized carbons (Fsp3) is 0.250. The first-order valence-electron chi connectivity index (χ1n) is 11.0. The molecule has 1 saturated heterocycles. The van der Waals surface area contributed by atoms with E-state index in [9.17, 15) is 4.21 Å². The molecule has 0 bridgehead atoms. The Balaban J connectivity index is 1.63. The van der Waals surface area contributed by atoms with E-state index in [-0.39, 0.29) is 0 Å². The topological polar surface area (TPSA) is 95.2 Å². The first kappa shape index (κ1) is 22.8. The van der Waals surface area contributed by atoms with Gasteiger partial charge in [0.2, 0.25) is 0 Å². The first-order chi connectivity index (χ1) is 16.5. The minimum atomic E-state index is -2.38. The van der Waals surface area contributed by atoms with Gasteiger partial charge in [0.1, 0.15) is 24.0 Å². The van der Waals surface area contributed by atoms with E-state index in [1.807, 2.05) is 48.7 Å². The van der Waals surface area contributed by atoms with Gasteiger partial charge in [0, 0.05) is 43.0 Å². The second kappa shape index (κ2) is 9.34. The zero-order valence-corrected chi connectivity index (χ0v) is 20.5. The Morgan fingerprint density at radius 2 is 1.97 bits per heavy atom. The molecule has 1 fully saturated rings. The molecule has 10 heteroatoms. The number of anilines is 3.